The van der Waals surface area contributed by atoms with Gasteiger partial charge in [0.05, 0.1) is 12.5 Å². The van der Waals surface area contributed by atoms with Crippen molar-refractivity contribution < 1.29 is 14.7 Å². The lowest BCUT2D eigenvalue weighted by Crippen LogP contribution is -2.30. The van der Waals surface area contributed by atoms with Gasteiger partial charge in [0.2, 0.25) is 0 Å². The van der Waals surface area contributed by atoms with E-state index >= 15 is 0 Å². The molecule has 0 spiro atoms. The van der Waals surface area contributed by atoms with Gasteiger partial charge in [0.1, 0.15) is 0 Å². The number of carboxylic acid groups (broad SMARTS) is 1. The third kappa shape index (κ3) is 6.03. The van der Waals surface area contributed by atoms with E-state index in [1.807, 2.05) is 0 Å². The lowest BCUT2D eigenvalue weighted by Gasteiger charge is -2.17. The Balaban J connectivity index is 2.16. The number of carboxylic acids is 1. The Bertz CT molecular complexity index is 215. The van der Waals surface area contributed by atoms with Crippen LogP contribution in [-0.2, 0) is 9.63 Å². The first kappa shape index (κ1) is 14.5. The molecule has 0 aliphatic heterocycles. The van der Waals surface area contributed by atoms with Crippen LogP contribution in [0.25, 0.3) is 0 Å². The molecule has 4 heteroatoms. The van der Waals surface area contributed by atoms with Crippen LogP contribution in [0.4, 0.5) is 0 Å². The average Bonchev–Trinajstić information content (AvgIpc) is 2.79. The standard InChI is InChI=1S/C13H25NO3/c1-2-3-8-17-14-10-12(13(15)16)9-11-6-4-5-7-11/h11-12,14H,2-10H2,1H3,(H,15,16)/t12-/m1/s1. The second-order valence-corrected chi connectivity index (χ2v) is 4.97. The smallest absolute Gasteiger partial charge is 0.307 e. The molecule has 1 saturated carbocycles. The maximum Gasteiger partial charge on any atom is 0.307 e. The van der Waals surface area contributed by atoms with Crippen molar-refractivity contribution in [1.82, 2.24) is 5.48 Å². The molecule has 17 heavy (non-hydrogen) atoms. The van der Waals surface area contributed by atoms with E-state index in [1.54, 1.807) is 0 Å². The third-order valence-electron chi connectivity index (χ3n) is 3.47. The SMILES string of the molecule is CCCCONC[C@@H](CC1CCCC1)C(=O)O. The van der Waals surface area contributed by atoms with Crippen molar-refractivity contribution in [1.29, 1.82) is 0 Å². The van der Waals surface area contributed by atoms with Gasteiger partial charge in [0.25, 0.3) is 0 Å². The molecule has 0 bridgehead atoms. The van der Waals surface area contributed by atoms with Crippen molar-refractivity contribution in [2.75, 3.05) is 13.2 Å². The molecule has 1 aliphatic rings. The van der Waals surface area contributed by atoms with Crippen LogP contribution in [0.2, 0.25) is 0 Å². The van der Waals surface area contributed by atoms with E-state index in [2.05, 4.69) is 12.4 Å². The van der Waals surface area contributed by atoms with E-state index in [0.29, 0.717) is 19.1 Å². The second-order valence-electron chi connectivity index (χ2n) is 4.97. The monoisotopic (exact) mass is 243 g/mol. The van der Waals surface area contributed by atoms with Crippen LogP contribution in [0.1, 0.15) is 51.9 Å². The van der Waals surface area contributed by atoms with Gasteiger partial charge in [-0.05, 0) is 18.8 Å². The summed E-state index contributed by atoms with van der Waals surface area (Å²) < 4.78 is 0. The van der Waals surface area contributed by atoms with Crippen LogP contribution in [-0.4, -0.2) is 24.2 Å². The van der Waals surface area contributed by atoms with E-state index in [1.165, 1.54) is 25.7 Å². The zero-order valence-electron chi connectivity index (χ0n) is 10.8. The molecule has 0 aromatic heterocycles. The van der Waals surface area contributed by atoms with Crippen LogP contribution < -0.4 is 5.48 Å². The predicted octanol–water partition coefficient (Wildman–Crippen LogP) is 2.59. The number of carbonyl (C=O) groups is 1. The molecule has 0 amide bonds. The zero-order chi connectivity index (χ0) is 12.5. The minimum atomic E-state index is -0.705. The van der Waals surface area contributed by atoms with Gasteiger partial charge in [-0.2, -0.15) is 0 Å². The summed E-state index contributed by atoms with van der Waals surface area (Å²) in [6, 6.07) is 0. The van der Waals surface area contributed by atoms with E-state index in [4.69, 9.17) is 9.94 Å². The first-order valence-electron chi connectivity index (χ1n) is 6.81. The first-order chi connectivity index (χ1) is 8.24. The van der Waals surface area contributed by atoms with Gasteiger partial charge in [-0.15, -0.1) is 0 Å². The van der Waals surface area contributed by atoms with E-state index in [9.17, 15) is 4.79 Å². The van der Waals surface area contributed by atoms with Gasteiger partial charge in [-0.3, -0.25) is 4.79 Å². The summed E-state index contributed by atoms with van der Waals surface area (Å²) in [5.41, 5.74) is 2.79. The Labute approximate surface area is 104 Å². The Morgan fingerprint density at radius 2 is 2.18 bits per heavy atom. The normalized spacial score (nSPS) is 18.4. The lowest BCUT2D eigenvalue weighted by atomic mass is 9.93. The van der Waals surface area contributed by atoms with Crippen LogP contribution in [0.5, 0.6) is 0 Å². The zero-order valence-corrected chi connectivity index (χ0v) is 10.8. The molecule has 100 valence electrons. The Kier molecular flexibility index (Phi) is 7.21. The summed E-state index contributed by atoms with van der Waals surface area (Å²) >= 11 is 0. The number of aliphatic carboxylic acids is 1. The highest BCUT2D eigenvalue weighted by atomic mass is 16.6. The highest BCUT2D eigenvalue weighted by Crippen LogP contribution is 2.30. The third-order valence-corrected chi connectivity index (χ3v) is 3.47. The van der Waals surface area contributed by atoms with Crippen LogP contribution >= 0.6 is 0 Å². The Morgan fingerprint density at radius 3 is 2.76 bits per heavy atom. The highest BCUT2D eigenvalue weighted by Gasteiger charge is 2.24. The first-order valence-corrected chi connectivity index (χ1v) is 6.81. The van der Waals surface area contributed by atoms with Gasteiger partial charge in [-0.1, -0.05) is 39.0 Å². The van der Waals surface area contributed by atoms with Crippen LogP contribution in [0, 0.1) is 11.8 Å². The molecule has 0 unspecified atom stereocenters. The van der Waals surface area contributed by atoms with E-state index in [0.717, 1.165) is 19.3 Å². The predicted molar refractivity (Wildman–Crippen MR) is 66.6 cm³/mol. The topological polar surface area (TPSA) is 58.6 Å². The molecule has 0 heterocycles. The Hall–Kier alpha value is -0.610. The van der Waals surface area contributed by atoms with E-state index < -0.39 is 5.97 Å². The quantitative estimate of drug-likeness (QED) is 0.483. The molecule has 2 N–H and O–H groups in total. The van der Waals surface area contributed by atoms with Crippen molar-refractivity contribution in [2.45, 2.75) is 51.9 Å². The summed E-state index contributed by atoms with van der Waals surface area (Å²) in [6.45, 7) is 3.19. The van der Waals surface area contributed by atoms with Gasteiger partial charge < -0.3 is 9.94 Å². The second kappa shape index (κ2) is 8.48. The molecule has 0 saturated heterocycles. The summed E-state index contributed by atoms with van der Waals surface area (Å²) in [7, 11) is 0. The Morgan fingerprint density at radius 1 is 1.47 bits per heavy atom. The number of rotatable bonds is 9. The summed E-state index contributed by atoms with van der Waals surface area (Å²) in [6.07, 6.45) is 7.80. The number of unbranched alkanes of at least 4 members (excludes halogenated alkanes) is 1. The molecule has 1 rings (SSSR count). The summed E-state index contributed by atoms with van der Waals surface area (Å²) in [5.74, 6) is -0.406. The van der Waals surface area contributed by atoms with Crippen LogP contribution in [0.15, 0.2) is 0 Å². The van der Waals surface area contributed by atoms with E-state index in [-0.39, 0.29) is 5.92 Å². The maximum atomic E-state index is 11.1. The fourth-order valence-electron chi connectivity index (χ4n) is 2.37. The summed E-state index contributed by atoms with van der Waals surface area (Å²) in [5, 5.41) is 9.14. The van der Waals surface area contributed by atoms with Gasteiger partial charge in [0, 0.05) is 6.54 Å². The number of nitrogens with one attached hydrogen (secondary N) is 1. The van der Waals surface area contributed by atoms with Crippen molar-refractivity contribution in [3.05, 3.63) is 0 Å². The molecular formula is C13H25NO3. The van der Waals surface area contributed by atoms with Crippen molar-refractivity contribution >= 4 is 5.97 Å². The number of hydrogen-bond acceptors (Lipinski definition) is 3. The minimum absolute atomic E-state index is 0.306. The highest BCUT2D eigenvalue weighted by molar-refractivity contribution is 5.70. The minimum Gasteiger partial charge on any atom is -0.481 e. The largest absolute Gasteiger partial charge is 0.481 e. The van der Waals surface area contributed by atoms with Crippen LogP contribution in [0.3, 0.4) is 0 Å². The fourth-order valence-corrected chi connectivity index (χ4v) is 2.37. The van der Waals surface area contributed by atoms with Gasteiger partial charge >= 0.3 is 5.97 Å². The van der Waals surface area contributed by atoms with Gasteiger partial charge in [0.15, 0.2) is 0 Å². The molecular weight excluding hydrogens is 218 g/mol. The summed E-state index contributed by atoms with van der Waals surface area (Å²) in [4.78, 5) is 16.3. The van der Waals surface area contributed by atoms with Crippen molar-refractivity contribution in [2.24, 2.45) is 11.8 Å². The molecule has 4 nitrogen and oxygen atoms in total. The maximum absolute atomic E-state index is 11.1. The molecule has 0 aromatic carbocycles. The lowest BCUT2D eigenvalue weighted by molar-refractivity contribution is -0.143. The average molecular weight is 243 g/mol. The molecule has 0 aromatic rings. The molecule has 1 aliphatic carbocycles. The van der Waals surface area contributed by atoms with Crippen molar-refractivity contribution in [3.63, 3.8) is 0 Å². The van der Waals surface area contributed by atoms with Crippen molar-refractivity contribution in [3.8, 4) is 0 Å². The van der Waals surface area contributed by atoms with Gasteiger partial charge in [-0.25, -0.2) is 5.48 Å². The number of hydroxylamine groups is 1. The molecule has 1 fully saturated rings. The molecule has 0 radical (unpaired) electrons. The number of hydrogen-bond donors (Lipinski definition) is 2. The fraction of sp³-hybridized carbons (Fsp3) is 0.923. The molecule has 1 atom stereocenters.